The van der Waals surface area contributed by atoms with Crippen LogP contribution in [0.25, 0.3) is 0 Å². The summed E-state index contributed by atoms with van der Waals surface area (Å²) >= 11 is 0. The maximum atomic E-state index is 13.0. The third kappa shape index (κ3) is 5.89. The summed E-state index contributed by atoms with van der Waals surface area (Å²) in [6.45, 7) is 0. The molecular weight excluding hydrogens is 369 g/mol. The molecule has 9 heteroatoms. The highest BCUT2D eigenvalue weighted by molar-refractivity contribution is 5.85. The number of halogens is 2. The van der Waals surface area contributed by atoms with Gasteiger partial charge in [0.1, 0.15) is 5.82 Å². The van der Waals surface area contributed by atoms with Gasteiger partial charge in [0.15, 0.2) is 0 Å². The van der Waals surface area contributed by atoms with Gasteiger partial charge >= 0.3 is 0 Å². The highest BCUT2D eigenvalue weighted by Crippen LogP contribution is 2.17. The van der Waals surface area contributed by atoms with Crippen molar-refractivity contribution < 1.29 is 4.39 Å². The number of rotatable bonds is 6. The Labute approximate surface area is 162 Å². The first-order chi connectivity index (χ1) is 12.6. The molecule has 0 bridgehead atoms. The molecule has 3 aromatic rings. The third-order valence-electron chi connectivity index (χ3n) is 3.30. The van der Waals surface area contributed by atoms with E-state index in [2.05, 4.69) is 30.8 Å². The van der Waals surface area contributed by atoms with Gasteiger partial charge in [-0.3, -0.25) is 0 Å². The molecule has 27 heavy (non-hydrogen) atoms. The number of benzene rings is 2. The second kappa shape index (κ2) is 9.44. The molecule has 0 unspecified atom stereocenters. The Morgan fingerprint density at radius 1 is 0.926 bits per heavy atom. The number of anilines is 4. The molecule has 0 amide bonds. The summed E-state index contributed by atoms with van der Waals surface area (Å²) in [6.07, 6.45) is 1.67. The van der Waals surface area contributed by atoms with Gasteiger partial charge in [0, 0.05) is 19.8 Å². The molecule has 0 aliphatic heterocycles. The van der Waals surface area contributed by atoms with Gasteiger partial charge in [-0.15, -0.1) is 12.4 Å². The van der Waals surface area contributed by atoms with E-state index in [0.29, 0.717) is 23.5 Å². The zero-order chi connectivity index (χ0) is 18.4. The molecule has 2 aromatic carbocycles. The maximum Gasteiger partial charge on any atom is 0.250 e. The predicted molar refractivity (Wildman–Crippen MR) is 109 cm³/mol. The summed E-state index contributed by atoms with van der Waals surface area (Å²) in [7, 11) is 3.65. The smallest absolute Gasteiger partial charge is 0.250 e. The van der Waals surface area contributed by atoms with Gasteiger partial charge in [-0.25, -0.2) is 9.82 Å². The van der Waals surface area contributed by atoms with Crippen molar-refractivity contribution in [1.82, 2.24) is 15.0 Å². The second-order valence-corrected chi connectivity index (χ2v) is 5.59. The lowest BCUT2D eigenvalue weighted by atomic mass is 10.2. The standard InChI is InChI=1S/C18H18FN7.ClH/c1-26(2)18-23-16(21-15-10-8-14(19)9-11-15)22-17(24-18)25-20-12-13-6-4-3-5-7-13;/h3-12H,1-2H3,(H2,21,22,23,24,25);1H. The third-order valence-corrected chi connectivity index (χ3v) is 3.30. The molecule has 0 fully saturated rings. The SMILES string of the molecule is CN(C)c1nc(NN=Cc2ccccc2)nc(Nc2ccc(F)cc2)n1.Cl. The van der Waals surface area contributed by atoms with Gasteiger partial charge in [0.05, 0.1) is 6.21 Å². The fourth-order valence-corrected chi connectivity index (χ4v) is 2.04. The Hall–Kier alpha value is -3.26. The van der Waals surface area contributed by atoms with Crippen LogP contribution in [0.2, 0.25) is 0 Å². The Morgan fingerprint density at radius 3 is 2.26 bits per heavy atom. The summed E-state index contributed by atoms with van der Waals surface area (Å²) in [6, 6.07) is 15.6. The highest BCUT2D eigenvalue weighted by atomic mass is 35.5. The molecule has 1 heterocycles. The minimum atomic E-state index is -0.308. The molecule has 0 atom stereocenters. The first-order valence-corrected chi connectivity index (χ1v) is 7.90. The molecule has 1 aromatic heterocycles. The van der Waals surface area contributed by atoms with Crippen molar-refractivity contribution in [2.75, 3.05) is 29.7 Å². The molecule has 0 saturated carbocycles. The fourth-order valence-electron chi connectivity index (χ4n) is 2.04. The van der Waals surface area contributed by atoms with Crippen molar-refractivity contribution in [3.63, 3.8) is 0 Å². The Morgan fingerprint density at radius 2 is 1.59 bits per heavy atom. The molecular formula is C18H19ClFN7. The van der Waals surface area contributed by atoms with Crippen molar-refractivity contribution in [1.29, 1.82) is 0 Å². The lowest BCUT2D eigenvalue weighted by Gasteiger charge is -2.13. The molecule has 0 aliphatic rings. The van der Waals surface area contributed by atoms with Gasteiger partial charge in [0.25, 0.3) is 0 Å². The van der Waals surface area contributed by atoms with E-state index >= 15 is 0 Å². The van der Waals surface area contributed by atoms with Crippen molar-refractivity contribution in [2.24, 2.45) is 5.10 Å². The quantitative estimate of drug-likeness (QED) is 0.496. The minimum Gasteiger partial charge on any atom is -0.347 e. The molecule has 7 nitrogen and oxygen atoms in total. The zero-order valence-corrected chi connectivity index (χ0v) is 15.6. The van der Waals surface area contributed by atoms with Gasteiger partial charge in [-0.1, -0.05) is 30.3 Å². The van der Waals surface area contributed by atoms with Gasteiger partial charge in [0.2, 0.25) is 17.8 Å². The first kappa shape index (κ1) is 20.1. The highest BCUT2D eigenvalue weighted by Gasteiger charge is 2.08. The average Bonchev–Trinajstić information content (AvgIpc) is 2.64. The van der Waals surface area contributed by atoms with Crippen molar-refractivity contribution >= 4 is 42.2 Å². The fraction of sp³-hybridized carbons (Fsp3) is 0.111. The number of hydrazone groups is 1. The van der Waals surface area contributed by atoms with E-state index in [-0.39, 0.29) is 18.2 Å². The second-order valence-electron chi connectivity index (χ2n) is 5.59. The van der Waals surface area contributed by atoms with Crippen molar-refractivity contribution in [3.8, 4) is 0 Å². The topological polar surface area (TPSA) is 78.3 Å². The van der Waals surface area contributed by atoms with Crippen LogP contribution < -0.4 is 15.6 Å². The van der Waals surface area contributed by atoms with Crippen LogP contribution in [0.4, 0.5) is 27.9 Å². The molecule has 3 rings (SSSR count). The summed E-state index contributed by atoms with van der Waals surface area (Å²) < 4.78 is 13.0. The summed E-state index contributed by atoms with van der Waals surface area (Å²) in [4.78, 5) is 14.7. The van der Waals surface area contributed by atoms with Crippen LogP contribution >= 0.6 is 12.4 Å². The van der Waals surface area contributed by atoms with Crippen LogP contribution in [-0.2, 0) is 0 Å². The predicted octanol–water partition coefficient (Wildman–Crippen LogP) is 3.69. The lowest BCUT2D eigenvalue weighted by molar-refractivity contribution is 0.628. The number of hydrogen-bond acceptors (Lipinski definition) is 7. The molecule has 140 valence electrons. The van der Waals surface area contributed by atoms with Crippen LogP contribution in [0.1, 0.15) is 5.56 Å². The largest absolute Gasteiger partial charge is 0.347 e. The van der Waals surface area contributed by atoms with E-state index in [4.69, 9.17) is 0 Å². The number of aromatic nitrogens is 3. The maximum absolute atomic E-state index is 13.0. The summed E-state index contributed by atoms with van der Waals surface area (Å²) in [5, 5.41) is 7.18. The van der Waals surface area contributed by atoms with E-state index in [0.717, 1.165) is 5.56 Å². The summed E-state index contributed by atoms with van der Waals surface area (Å²) in [5.74, 6) is 0.771. The van der Waals surface area contributed by atoms with Crippen LogP contribution in [0, 0.1) is 5.82 Å². The summed E-state index contributed by atoms with van der Waals surface area (Å²) in [5.41, 5.74) is 4.42. The normalized spacial score (nSPS) is 10.3. The van der Waals surface area contributed by atoms with Crippen LogP contribution in [0.3, 0.4) is 0 Å². The van der Waals surface area contributed by atoms with Gasteiger partial charge in [-0.05, 0) is 29.8 Å². The Kier molecular flexibility index (Phi) is 7.01. The average molecular weight is 388 g/mol. The van der Waals surface area contributed by atoms with Gasteiger partial charge < -0.3 is 10.2 Å². The van der Waals surface area contributed by atoms with Crippen molar-refractivity contribution in [3.05, 3.63) is 66.0 Å². The van der Waals surface area contributed by atoms with Gasteiger partial charge in [-0.2, -0.15) is 20.1 Å². The number of nitrogens with one attached hydrogen (secondary N) is 2. The monoisotopic (exact) mass is 387 g/mol. The van der Waals surface area contributed by atoms with E-state index in [1.165, 1.54) is 12.1 Å². The van der Waals surface area contributed by atoms with Crippen LogP contribution in [0.15, 0.2) is 59.7 Å². The molecule has 0 aliphatic carbocycles. The van der Waals surface area contributed by atoms with E-state index in [9.17, 15) is 4.39 Å². The first-order valence-electron chi connectivity index (χ1n) is 7.90. The Bertz CT molecular complexity index is 886. The molecule has 0 spiro atoms. The molecule has 0 saturated heterocycles. The van der Waals surface area contributed by atoms with E-state index < -0.39 is 0 Å². The molecule has 0 radical (unpaired) electrons. The Balaban J connectivity index is 0.00000261. The lowest BCUT2D eigenvalue weighted by Crippen LogP contribution is -2.15. The van der Waals surface area contributed by atoms with E-state index in [1.807, 2.05) is 44.4 Å². The zero-order valence-electron chi connectivity index (χ0n) is 14.8. The number of nitrogens with zero attached hydrogens (tertiary/aromatic N) is 5. The van der Waals surface area contributed by atoms with Crippen molar-refractivity contribution in [2.45, 2.75) is 0 Å². The molecule has 2 N–H and O–H groups in total. The van der Waals surface area contributed by atoms with E-state index in [1.54, 1.807) is 23.2 Å². The van der Waals surface area contributed by atoms with Crippen LogP contribution in [-0.4, -0.2) is 35.3 Å². The van der Waals surface area contributed by atoms with Crippen LogP contribution in [0.5, 0.6) is 0 Å². The minimum absolute atomic E-state index is 0. The number of hydrogen-bond donors (Lipinski definition) is 2.